The van der Waals surface area contributed by atoms with E-state index in [1.54, 1.807) is 0 Å². The lowest BCUT2D eigenvalue weighted by Gasteiger charge is -2.38. The van der Waals surface area contributed by atoms with Crippen LogP contribution in [-0.2, 0) is 22.5 Å². The maximum atomic E-state index is 10.6. The number of rotatable bonds is 5. The van der Waals surface area contributed by atoms with Crippen molar-refractivity contribution < 1.29 is 32.3 Å². The third-order valence-electron chi connectivity index (χ3n) is 5.20. The van der Waals surface area contributed by atoms with Crippen LogP contribution in [0.5, 0.6) is 0 Å². The number of carboxylic acids is 1. The summed E-state index contributed by atoms with van der Waals surface area (Å²) >= 11 is 0. The molecule has 0 spiro atoms. The van der Waals surface area contributed by atoms with Crippen molar-refractivity contribution in [2.24, 2.45) is 5.92 Å². The summed E-state index contributed by atoms with van der Waals surface area (Å²) in [6.07, 6.45) is -2.59. The van der Waals surface area contributed by atoms with Gasteiger partial charge in [0.15, 0.2) is 0 Å². The molecule has 1 N–H and O–H groups in total. The Kier molecular flexibility index (Phi) is 8.43. The van der Waals surface area contributed by atoms with Gasteiger partial charge in [0, 0.05) is 38.2 Å². The van der Waals surface area contributed by atoms with Crippen LogP contribution in [0.15, 0.2) is 34.9 Å². The lowest BCUT2D eigenvalue weighted by Crippen LogP contribution is -2.44. The summed E-state index contributed by atoms with van der Waals surface area (Å²) in [7, 11) is 1.84. The average molecular weight is 428 g/mol. The zero-order valence-electron chi connectivity index (χ0n) is 17.3. The Balaban J connectivity index is 0.000000396. The summed E-state index contributed by atoms with van der Waals surface area (Å²) in [4.78, 5) is 11.4. The number of carbonyl (C=O) groups is 1. The maximum absolute atomic E-state index is 10.6. The van der Waals surface area contributed by atoms with Crippen LogP contribution in [-0.4, -0.2) is 53.6 Å². The molecule has 2 aromatic rings. The molecular formula is C21H27F3N2O4. The smallest absolute Gasteiger partial charge is 0.475 e. The van der Waals surface area contributed by atoms with Gasteiger partial charge < -0.3 is 14.4 Å². The van der Waals surface area contributed by atoms with Gasteiger partial charge in [0.05, 0.1) is 11.8 Å². The standard InChI is InChI=1S/C19H26N2O2.C2HF3O2/c1-14-18(15(2)23-20-14)13-21-10-9-19(22-3)17(12-21)11-16-7-5-4-6-8-16;3-2(4,5)1(6)7/h4-8,17,19H,9-13H2,1-3H3;(H,6,7)/t17-,19-;/m0./s1. The number of nitrogens with zero attached hydrogens (tertiary/aromatic N) is 2. The fraction of sp³-hybridized carbons (Fsp3) is 0.524. The van der Waals surface area contributed by atoms with Crippen LogP contribution in [0, 0.1) is 19.8 Å². The number of halogens is 3. The molecule has 1 aliphatic rings. The molecule has 0 amide bonds. The molecular weight excluding hydrogens is 401 g/mol. The Labute approximate surface area is 173 Å². The van der Waals surface area contributed by atoms with Gasteiger partial charge in [-0.25, -0.2) is 4.79 Å². The third-order valence-corrected chi connectivity index (χ3v) is 5.20. The number of aliphatic carboxylic acids is 1. The number of carboxylic acid groups (broad SMARTS) is 1. The Hall–Kier alpha value is -2.39. The molecule has 166 valence electrons. The van der Waals surface area contributed by atoms with E-state index < -0.39 is 12.1 Å². The number of likely N-dealkylation sites (tertiary alicyclic amines) is 1. The van der Waals surface area contributed by atoms with Gasteiger partial charge in [0.1, 0.15) is 5.76 Å². The zero-order valence-corrected chi connectivity index (χ0v) is 17.3. The highest BCUT2D eigenvalue weighted by Gasteiger charge is 2.38. The minimum Gasteiger partial charge on any atom is -0.475 e. The van der Waals surface area contributed by atoms with Crippen LogP contribution in [0.1, 0.15) is 29.0 Å². The van der Waals surface area contributed by atoms with Gasteiger partial charge in [0.2, 0.25) is 0 Å². The van der Waals surface area contributed by atoms with Gasteiger partial charge in [0.25, 0.3) is 0 Å². The van der Waals surface area contributed by atoms with Crippen molar-refractivity contribution in [1.82, 2.24) is 10.1 Å². The number of hydrogen-bond donors (Lipinski definition) is 1. The third kappa shape index (κ3) is 6.84. The number of hydrogen-bond acceptors (Lipinski definition) is 5. The molecule has 0 aliphatic carbocycles. The number of benzene rings is 1. The predicted molar refractivity (Wildman–Crippen MR) is 104 cm³/mol. The summed E-state index contributed by atoms with van der Waals surface area (Å²) in [6.45, 7) is 7.06. The molecule has 3 rings (SSSR count). The van der Waals surface area contributed by atoms with Crippen molar-refractivity contribution in [3.05, 3.63) is 52.9 Å². The lowest BCUT2D eigenvalue weighted by molar-refractivity contribution is -0.192. The van der Waals surface area contributed by atoms with E-state index in [0.717, 1.165) is 43.9 Å². The first-order valence-corrected chi connectivity index (χ1v) is 9.62. The molecule has 1 aromatic carbocycles. The van der Waals surface area contributed by atoms with Gasteiger partial charge in [-0.2, -0.15) is 13.2 Å². The molecule has 30 heavy (non-hydrogen) atoms. The van der Waals surface area contributed by atoms with Gasteiger partial charge >= 0.3 is 12.1 Å². The molecule has 1 saturated heterocycles. The Morgan fingerprint density at radius 1 is 1.30 bits per heavy atom. The molecule has 0 saturated carbocycles. The average Bonchev–Trinajstić information content (AvgIpc) is 3.01. The topological polar surface area (TPSA) is 75.8 Å². The van der Waals surface area contributed by atoms with Crippen molar-refractivity contribution in [3.63, 3.8) is 0 Å². The minimum atomic E-state index is -5.08. The summed E-state index contributed by atoms with van der Waals surface area (Å²) in [6, 6.07) is 10.7. The second kappa shape index (κ2) is 10.6. The normalized spacial score (nSPS) is 19.8. The van der Waals surface area contributed by atoms with E-state index in [1.165, 1.54) is 11.1 Å². The predicted octanol–water partition coefficient (Wildman–Crippen LogP) is 4.00. The Bertz CT molecular complexity index is 789. The number of ether oxygens (including phenoxy) is 1. The first-order valence-electron chi connectivity index (χ1n) is 9.62. The number of aromatic nitrogens is 1. The highest BCUT2D eigenvalue weighted by Crippen LogP contribution is 2.26. The zero-order chi connectivity index (χ0) is 22.3. The first-order chi connectivity index (χ1) is 14.1. The van der Waals surface area contributed by atoms with E-state index in [9.17, 15) is 13.2 Å². The molecule has 1 aromatic heterocycles. The van der Waals surface area contributed by atoms with Crippen molar-refractivity contribution >= 4 is 5.97 Å². The molecule has 6 nitrogen and oxygen atoms in total. The SMILES string of the molecule is CO[C@H]1CCN(Cc2c(C)noc2C)C[C@@H]1Cc1ccccc1.O=C(O)C(F)(F)F. The Morgan fingerprint density at radius 3 is 2.43 bits per heavy atom. The van der Waals surface area contributed by atoms with E-state index in [0.29, 0.717) is 12.0 Å². The van der Waals surface area contributed by atoms with Gasteiger partial charge in [-0.1, -0.05) is 35.5 Å². The van der Waals surface area contributed by atoms with Crippen molar-refractivity contribution in [2.45, 2.75) is 45.5 Å². The van der Waals surface area contributed by atoms with Crippen LogP contribution in [0.3, 0.4) is 0 Å². The number of aryl methyl sites for hydroxylation is 2. The van der Waals surface area contributed by atoms with Crippen LogP contribution in [0.25, 0.3) is 0 Å². The second-order valence-electron chi connectivity index (χ2n) is 7.35. The van der Waals surface area contributed by atoms with Crippen molar-refractivity contribution in [1.29, 1.82) is 0 Å². The first kappa shape index (κ1) is 23.9. The van der Waals surface area contributed by atoms with E-state index in [4.69, 9.17) is 19.2 Å². The quantitative estimate of drug-likeness (QED) is 0.776. The monoisotopic (exact) mass is 428 g/mol. The summed E-state index contributed by atoms with van der Waals surface area (Å²) < 4.78 is 42.8. The Morgan fingerprint density at radius 2 is 1.93 bits per heavy atom. The number of alkyl halides is 3. The summed E-state index contributed by atoms with van der Waals surface area (Å²) in [5, 5.41) is 11.2. The van der Waals surface area contributed by atoms with Crippen LogP contribution >= 0.6 is 0 Å². The second-order valence-corrected chi connectivity index (χ2v) is 7.35. The number of piperidine rings is 1. The van der Waals surface area contributed by atoms with E-state index in [-0.39, 0.29) is 0 Å². The van der Waals surface area contributed by atoms with Crippen LogP contribution < -0.4 is 0 Å². The van der Waals surface area contributed by atoms with Crippen molar-refractivity contribution in [3.8, 4) is 0 Å². The lowest BCUT2D eigenvalue weighted by atomic mass is 9.88. The van der Waals surface area contributed by atoms with Crippen LogP contribution in [0.4, 0.5) is 13.2 Å². The molecule has 2 atom stereocenters. The molecule has 1 fully saturated rings. The number of methoxy groups -OCH3 is 1. The molecule has 2 heterocycles. The molecule has 9 heteroatoms. The van der Waals surface area contributed by atoms with E-state index in [1.807, 2.05) is 21.0 Å². The molecule has 1 aliphatic heterocycles. The summed E-state index contributed by atoms with van der Waals surface area (Å²) in [5.74, 6) is -1.29. The van der Waals surface area contributed by atoms with Gasteiger partial charge in [-0.3, -0.25) is 4.90 Å². The highest BCUT2D eigenvalue weighted by atomic mass is 19.4. The molecule has 0 unspecified atom stereocenters. The van der Waals surface area contributed by atoms with Gasteiger partial charge in [-0.15, -0.1) is 0 Å². The van der Waals surface area contributed by atoms with E-state index in [2.05, 4.69) is 40.4 Å². The highest BCUT2D eigenvalue weighted by molar-refractivity contribution is 5.73. The largest absolute Gasteiger partial charge is 0.490 e. The van der Waals surface area contributed by atoms with Gasteiger partial charge in [-0.05, 0) is 32.3 Å². The summed E-state index contributed by atoms with van der Waals surface area (Å²) in [5.41, 5.74) is 3.63. The maximum Gasteiger partial charge on any atom is 0.490 e. The fourth-order valence-electron chi connectivity index (χ4n) is 3.60. The fourth-order valence-corrected chi connectivity index (χ4v) is 3.60. The minimum absolute atomic E-state index is 0.344. The molecule has 0 radical (unpaired) electrons. The van der Waals surface area contributed by atoms with Crippen LogP contribution in [0.2, 0.25) is 0 Å². The van der Waals surface area contributed by atoms with E-state index >= 15 is 0 Å². The van der Waals surface area contributed by atoms with Crippen molar-refractivity contribution in [2.75, 3.05) is 20.2 Å². The molecule has 0 bridgehead atoms.